The molecule has 1 aromatic carbocycles. The molecule has 0 spiro atoms. The maximum Gasteiger partial charge on any atom is 0.359 e. The number of anilines is 1. The number of carbonyl (C=O) groups is 1. The van der Waals surface area contributed by atoms with E-state index >= 15 is 0 Å². The molecule has 1 aliphatic rings. The molecule has 0 aliphatic carbocycles. The fourth-order valence-corrected chi connectivity index (χ4v) is 3.92. The van der Waals surface area contributed by atoms with Crippen LogP contribution in [0.4, 0.5) is 5.82 Å². The Bertz CT molecular complexity index is 1090. The Balaban J connectivity index is 1.77. The van der Waals surface area contributed by atoms with Crippen molar-refractivity contribution in [2.45, 2.75) is 33.4 Å². The Morgan fingerprint density at radius 2 is 1.90 bits per heavy atom. The molecule has 9 heteroatoms. The van der Waals surface area contributed by atoms with Crippen molar-refractivity contribution in [3.05, 3.63) is 35.4 Å². The molecule has 9 nitrogen and oxygen atoms in total. The lowest BCUT2D eigenvalue weighted by Gasteiger charge is -2.29. The molecule has 0 fully saturated rings. The van der Waals surface area contributed by atoms with Crippen molar-refractivity contribution in [2.24, 2.45) is 0 Å². The van der Waals surface area contributed by atoms with Crippen molar-refractivity contribution in [3.8, 4) is 11.5 Å². The third-order valence-electron chi connectivity index (χ3n) is 5.32. The van der Waals surface area contributed by atoms with E-state index in [9.17, 15) is 4.79 Å². The average Bonchev–Trinajstić information content (AvgIpc) is 3.15. The standard InChI is InChI=1S/C21H25N5O4/c1-5-26-16-7-8-25(11-14(16)19(24-26)21(27)30-6-2)20-13-9-17(28-3)18(29-4)10-15(13)22-12-23-20/h9-10,12H,5-8,11H2,1-4H3. The van der Waals surface area contributed by atoms with E-state index in [2.05, 4.69) is 20.0 Å². The number of hydrogen-bond acceptors (Lipinski definition) is 8. The van der Waals surface area contributed by atoms with Crippen LogP contribution in [0.15, 0.2) is 18.5 Å². The second kappa shape index (κ2) is 8.17. The topological polar surface area (TPSA) is 91.6 Å². The van der Waals surface area contributed by atoms with Gasteiger partial charge in [-0.05, 0) is 19.9 Å². The van der Waals surface area contributed by atoms with Gasteiger partial charge in [0.2, 0.25) is 0 Å². The molecule has 30 heavy (non-hydrogen) atoms. The second-order valence-corrected chi connectivity index (χ2v) is 6.90. The van der Waals surface area contributed by atoms with Gasteiger partial charge in [-0.2, -0.15) is 5.10 Å². The molecule has 4 rings (SSSR count). The lowest BCUT2D eigenvalue weighted by Crippen LogP contribution is -2.32. The predicted molar refractivity (Wildman–Crippen MR) is 111 cm³/mol. The van der Waals surface area contributed by atoms with E-state index in [0.29, 0.717) is 36.9 Å². The van der Waals surface area contributed by atoms with E-state index in [1.165, 1.54) is 0 Å². The normalized spacial score (nSPS) is 13.3. The molecule has 0 saturated heterocycles. The van der Waals surface area contributed by atoms with Crippen molar-refractivity contribution >= 4 is 22.7 Å². The summed E-state index contributed by atoms with van der Waals surface area (Å²) in [5.41, 5.74) is 3.12. The van der Waals surface area contributed by atoms with Gasteiger partial charge in [0.05, 0.1) is 26.3 Å². The van der Waals surface area contributed by atoms with Gasteiger partial charge in [-0.1, -0.05) is 0 Å². The molecule has 3 aromatic rings. The summed E-state index contributed by atoms with van der Waals surface area (Å²) in [7, 11) is 3.20. The zero-order valence-corrected chi connectivity index (χ0v) is 17.6. The van der Waals surface area contributed by atoms with Crippen LogP contribution in [0.25, 0.3) is 10.9 Å². The first-order valence-corrected chi connectivity index (χ1v) is 9.98. The van der Waals surface area contributed by atoms with Gasteiger partial charge in [0.25, 0.3) is 0 Å². The van der Waals surface area contributed by atoms with Gasteiger partial charge in [0.1, 0.15) is 12.1 Å². The number of ether oxygens (including phenoxy) is 3. The lowest BCUT2D eigenvalue weighted by molar-refractivity contribution is 0.0517. The number of benzene rings is 1. The molecule has 0 atom stereocenters. The molecular formula is C21H25N5O4. The van der Waals surface area contributed by atoms with E-state index < -0.39 is 0 Å². The summed E-state index contributed by atoms with van der Waals surface area (Å²) < 4.78 is 18.0. The molecular weight excluding hydrogens is 386 g/mol. The summed E-state index contributed by atoms with van der Waals surface area (Å²) in [6, 6.07) is 3.73. The second-order valence-electron chi connectivity index (χ2n) is 6.90. The van der Waals surface area contributed by atoms with Gasteiger partial charge in [-0.25, -0.2) is 14.8 Å². The van der Waals surface area contributed by atoms with Crippen LogP contribution >= 0.6 is 0 Å². The Morgan fingerprint density at radius 1 is 1.13 bits per heavy atom. The molecule has 158 valence electrons. The first-order chi connectivity index (χ1) is 14.6. The van der Waals surface area contributed by atoms with Crippen molar-refractivity contribution in [2.75, 3.05) is 32.3 Å². The maximum absolute atomic E-state index is 12.5. The van der Waals surface area contributed by atoms with Gasteiger partial charge < -0.3 is 19.1 Å². The molecule has 2 aromatic heterocycles. The first kappa shape index (κ1) is 19.9. The molecule has 0 amide bonds. The molecule has 0 unspecified atom stereocenters. The first-order valence-electron chi connectivity index (χ1n) is 9.98. The summed E-state index contributed by atoms with van der Waals surface area (Å²) in [6.07, 6.45) is 2.30. The fraction of sp³-hybridized carbons (Fsp3) is 0.429. The summed E-state index contributed by atoms with van der Waals surface area (Å²) in [6.45, 7) is 6.10. The zero-order chi connectivity index (χ0) is 21.3. The molecule has 1 aliphatic heterocycles. The largest absolute Gasteiger partial charge is 0.493 e. The van der Waals surface area contributed by atoms with E-state index in [4.69, 9.17) is 14.2 Å². The molecule has 3 heterocycles. The van der Waals surface area contributed by atoms with Crippen LogP contribution in [0.3, 0.4) is 0 Å². The maximum atomic E-state index is 12.5. The minimum absolute atomic E-state index is 0.314. The van der Waals surface area contributed by atoms with Gasteiger partial charge in [0, 0.05) is 48.8 Å². The van der Waals surface area contributed by atoms with Gasteiger partial charge in [0.15, 0.2) is 17.2 Å². The van der Waals surface area contributed by atoms with Crippen LogP contribution in [-0.4, -0.2) is 53.1 Å². The number of carbonyl (C=O) groups excluding carboxylic acids is 1. The third kappa shape index (κ3) is 3.30. The van der Waals surface area contributed by atoms with Crippen LogP contribution < -0.4 is 14.4 Å². The van der Waals surface area contributed by atoms with Crippen LogP contribution in [0.2, 0.25) is 0 Å². The van der Waals surface area contributed by atoms with Crippen molar-refractivity contribution in [1.82, 2.24) is 19.7 Å². The highest BCUT2D eigenvalue weighted by atomic mass is 16.5. The minimum atomic E-state index is -0.387. The number of methoxy groups -OCH3 is 2. The average molecular weight is 411 g/mol. The number of nitrogens with zero attached hydrogens (tertiary/aromatic N) is 5. The van der Waals surface area contributed by atoms with E-state index in [-0.39, 0.29) is 5.97 Å². The van der Waals surface area contributed by atoms with Crippen LogP contribution in [0.5, 0.6) is 11.5 Å². The number of rotatable bonds is 6. The number of fused-ring (bicyclic) bond motifs is 2. The molecule has 0 saturated carbocycles. The fourth-order valence-electron chi connectivity index (χ4n) is 3.92. The van der Waals surface area contributed by atoms with Crippen LogP contribution in [0, 0.1) is 0 Å². The Kier molecular flexibility index (Phi) is 5.43. The Labute approximate surface area is 174 Å². The van der Waals surface area contributed by atoms with Crippen molar-refractivity contribution in [3.63, 3.8) is 0 Å². The smallest absolute Gasteiger partial charge is 0.359 e. The molecule has 0 bridgehead atoms. The summed E-state index contributed by atoms with van der Waals surface area (Å²) in [4.78, 5) is 23.6. The minimum Gasteiger partial charge on any atom is -0.493 e. The number of aromatic nitrogens is 4. The van der Waals surface area contributed by atoms with Crippen LogP contribution in [0.1, 0.15) is 35.6 Å². The van der Waals surface area contributed by atoms with Crippen molar-refractivity contribution in [1.29, 1.82) is 0 Å². The summed E-state index contributed by atoms with van der Waals surface area (Å²) in [5, 5.41) is 5.38. The predicted octanol–water partition coefficient (Wildman–Crippen LogP) is 2.60. The Morgan fingerprint density at radius 3 is 2.60 bits per heavy atom. The van der Waals surface area contributed by atoms with Crippen molar-refractivity contribution < 1.29 is 19.0 Å². The summed E-state index contributed by atoms with van der Waals surface area (Å²) >= 11 is 0. The Hall–Kier alpha value is -3.36. The quantitative estimate of drug-likeness (QED) is 0.572. The monoisotopic (exact) mass is 411 g/mol. The number of hydrogen-bond donors (Lipinski definition) is 0. The lowest BCUT2D eigenvalue weighted by atomic mass is 10.0. The molecule has 0 radical (unpaired) electrons. The zero-order valence-electron chi connectivity index (χ0n) is 17.6. The SMILES string of the molecule is CCOC(=O)c1nn(CC)c2c1CN(c1ncnc3cc(OC)c(OC)cc13)CC2. The number of esters is 1. The van der Waals surface area contributed by atoms with E-state index in [0.717, 1.165) is 40.9 Å². The molecule has 0 N–H and O–H groups in total. The van der Waals surface area contributed by atoms with Crippen LogP contribution in [-0.2, 0) is 24.2 Å². The van der Waals surface area contributed by atoms with E-state index in [1.54, 1.807) is 27.5 Å². The highest BCUT2D eigenvalue weighted by molar-refractivity contribution is 5.93. The third-order valence-corrected chi connectivity index (χ3v) is 5.32. The van der Waals surface area contributed by atoms with Gasteiger partial charge in [-0.15, -0.1) is 0 Å². The highest BCUT2D eigenvalue weighted by Crippen LogP contribution is 2.36. The van der Waals surface area contributed by atoms with Gasteiger partial charge in [-0.3, -0.25) is 4.68 Å². The number of aryl methyl sites for hydroxylation is 1. The van der Waals surface area contributed by atoms with E-state index in [1.807, 2.05) is 23.7 Å². The highest BCUT2D eigenvalue weighted by Gasteiger charge is 2.30. The summed E-state index contributed by atoms with van der Waals surface area (Å²) in [5.74, 6) is 1.63. The van der Waals surface area contributed by atoms with Gasteiger partial charge >= 0.3 is 5.97 Å².